The van der Waals surface area contributed by atoms with E-state index < -0.39 is 24.1 Å². The molecule has 9 rings (SSSR count). The van der Waals surface area contributed by atoms with Crippen LogP contribution in [-0.2, 0) is 16.1 Å². The standard InChI is InChI=1S/C44H51FN10O5/c45-34-23-29(27-51-17-21-54(22-18-51)38-25-35(48-49-41(38)46)32-3-1-2-4-39(32)56)5-8-36(34)53-13-11-28(12-14-53)26-50-15-19-52(20-16-50)30-6-7-31-33(24-30)44(60)55(43(31)59)37-9-10-40(57)47-42(37)58/h1-8,23-25,28,37,43,56,59H,9-22,26-27H2,(H2,46,49)(H,47,57,58). The summed E-state index contributed by atoms with van der Waals surface area (Å²) in [5, 5.41) is 31.9. The minimum atomic E-state index is -1.23. The zero-order valence-corrected chi connectivity index (χ0v) is 33.5. The summed E-state index contributed by atoms with van der Waals surface area (Å²) in [5.74, 6) is -0.477. The fourth-order valence-corrected chi connectivity index (χ4v) is 9.50. The molecule has 5 aliphatic heterocycles. The highest BCUT2D eigenvalue weighted by Crippen LogP contribution is 2.38. The number of nitrogens with zero attached hydrogens (tertiary/aromatic N) is 8. The second kappa shape index (κ2) is 16.7. The Morgan fingerprint density at radius 1 is 0.750 bits per heavy atom. The number of hydrogen-bond donors (Lipinski definition) is 4. The normalized spacial score (nSPS) is 22.1. The Balaban J connectivity index is 0.724. The molecule has 15 nitrogen and oxygen atoms in total. The van der Waals surface area contributed by atoms with Gasteiger partial charge in [-0.05, 0) is 73.2 Å². The number of anilines is 4. The second-order valence-corrected chi connectivity index (χ2v) is 16.6. The van der Waals surface area contributed by atoms with Gasteiger partial charge >= 0.3 is 0 Å². The predicted octanol–water partition coefficient (Wildman–Crippen LogP) is 3.18. The molecule has 16 heteroatoms. The number of piperazine rings is 2. The van der Waals surface area contributed by atoms with Crippen molar-refractivity contribution in [3.63, 3.8) is 0 Å². The van der Waals surface area contributed by atoms with Crippen LogP contribution < -0.4 is 25.8 Å². The van der Waals surface area contributed by atoms with Crippen LogP contribution in [0.25, 0.3) is 11.3 Å². The summed E-state index contributed by atoms with van der Waals surface area (Å²) in [7, 11) is 0. The number of piperidine rings is 2. The number of aliphatic hydroxyl groups is 1. The molecule has 2 unspecified atom stereocenters. The molecule has 60 heavy (non-hydrogen) atoms. The fourth-order valence-electron chi connectivity index (χ4n) is 9.50. The number of para-hydroxylation sites is 1. The first-order valence-electron chi connectivity index (χ1n) is 21.0. The number of fused-ring (bicyclic) bond motifs is 1. The molecule has 4 saturated heterocycles. The summed E-state index contributed by atoms with van der Waals surface area (Å²) in [6.07, 6.45) is 1.08. The minimum absolute atomic E-state index is 0.127. The highest BCUT2D eigenvalue weighted by molar-refractivity contribution is 6.06. The smallest absolute Gasteiger partial charge is 0.257 e. The van der Waals surface area contributed by atoms with E-state index in [1.165, 1.54) is 4.90 Å². The molecule has 1 aromatic heterocycles. The number of hydrogen-bond acceptors (Lipinski definition) is 13. The van der Waals surface area contributed by atoms with Gasteiger partial charge in [0.05, 0.1) is 17.1 Å². The van der Waals surface area contributed by atoms with E-state index in [1.54, 1.807) is 30.3 Å². The van der Waals surface area contributed by atoms with Gasteiger partial charge in [-0.15, -0.1) is 10.2 Å². The number of phenolic OH excluding ortho intramolecular Hbond substituents is 1. The van der Waals surface area contributed by atoms with Gasteiger partial charge in [-0.25, -0.2) is 4.39 Å². The molecular weight excluding hydrogens is 768 g/mol. The molecule has 4 fully saturated rings. The van der Waals surface area contributed by atoms with Gasteiger partial charge in [0.2, 0.25) is 11.8 Å². The monoisotopic (exact) mass is 818 g/mol. The van der Waals surface area contributed by atoms with Crippen LogP contribution in [0.4, 0.5) is 27.3 Å². The third kappa shape index (κ3) is 7.94. The van der Waals surface area contributed by atoms with E-state index in [1.807, 2.05) is 36.4 Å². The van der Waals surface area contributed by atoms with Gasteiger partial charge in [-0.2, -0.15) is 0 Å². The lowest BCUT2D eigenvalue weighted by Crippen LogP contribution is -2.53. The molecule has 2 atom stereocenters. The molecule has 6 heterocycles. The Kier molecular flexibility index (Phi) is 11.0. The van der Waals surface area contributed by atoms with E-state index in [9.17, 15) is 24.6 Å². The number of carbonyl (C=O) groups excluding carboxylic acids is 3. The van der Waals surface area contributed by atoms with E-state index in [4.69, 9.17) is 5.73 Å². The van der Waals surface area contributed by atoms with Crippen molar-refractivity contribution in [1.29, 1.82) is 0 Å². The maximum absolute atomic E-state index is 15.6. The number of nitrogens with one attached hydrogen (secondary N) is 1. The van der Waals surface area contributed by atoms with Gasteiger partial charge < -0.3 is 30.6 Å². The van der Waals surface area contributed by atoms with Crippen molar-refractivity contribution < 1.29 is 29.0 Å². The summed E-state index contributed by atoms with van der Waals surface area (Å²) in [5.41, 5.74) is 11.6. The van der Waals surface area contributed by atoms with Crippen LogP contribution in [0.2, 0.25) is 0 Å². The predicted molar refractivity (Wildman–Crippen MR) is 225 cm³/mol. The van der Waals surface area contributed by atoms with Crippen molar-refractivity contribution in [3.8, 4) is 17.0 Å². The topological polar surface area (TPSA) is 175 Å². The van der Waals surface area contributed by atoms with E-state index in [-0.39, 0.29) is 30.3 Å². The number of amides is 3. The van der Waals surface area contributed by atoms with Crippen LogP contribution in [-0.4, -0.2) is 131 Å². The number of nitrogen functional groups attached to an aromatic ring is 1. The van der Waals surface area contributed by atoms with Crippen molar-refractivity contribution in [3.05, 3.63) is 89.2 Å². The van der Waals surface area contributed by atoms with Crippen molar-refractivity contribution in [1.82, 2.24) is 30.2 Å². The van der Waals surface area contributed by atoms with Gasteiger partial charge in [-0.1, -0.05) is 24.3 Å². The Morgan fingerprint density at radius 3 is 2.20 bits per heavy atom. The van der Waals surface area contributed by atoms with Gasteiger partial charge in [0.25, 0.3) is 5.91 Å². The van der Waals surface area contributed by atoms with Crippen LogP contribution >= 0.6 is 0 Å². The fraction of sp³-hybridized carbons (Fsp3) is 0.432. The number of benzene rings is 3. The molecule has 0 bridgehead atoms. The van der Waals surface area contributed by atoms with Gasteiger partial charge in [0, 0.05) is 107 Å². The van der Waals surface area contributed by atoms with Crippen LogP contribution in [0.1, 0.15) is 53.4 Å². The molecule has 314 valence electrons. The zero-order valence-electron chi connectivity index (χ0n) is 33.5. The number of imide groups is 1. The molecular formula is C44H51FN10O5. The number of carbonyl (C=O) groups is 3. The lowest BCUT2D eigenvalue weighted by molar-refractivity contribution is -0.139. The number of halogens is 1. The van der Waals surface area contributed by atoms with Gasteiger partial charge in [0.15, 0.2) is 12.0 Å². The number of aromatic nitrogens is 2. The Hall–Kier alpha value is -5.84. The molecule has 5 N–H and O–H groups in total. The third-order valence-electron chi connectivity index (χ3n) is 12.9. The summed E-state index contributed by atoms with van der Waals surface area (Å²) in [6.45, 7) is 9.69. The SMILES string of the molecule is Nc1nnc(-c2ccccc2O)cc1N1CCN(Cc2ccc(N3CCC(CN4CCN(c5ccc6c(c5)C(=O)N(C5CCC(=O)NC5=O)C6O)CC4)CC3)c(F)c2)CC1. The first kappa shape index (κ1) is 39.6. The number of phenols is 1. The largest absolute Gasteiger partial charge is 0.507 e. The summed E-state index contributed by atoms with van der Waals surface area (Å²) >= 11 is 0. The number of rotatable bonds is 9. The Morgan fingerprint density at radius 2 is 1.47 bits per heavy atom. The van der Waals surface area contributed by atoms with E-state index >= 15 is 4.39 Å². The van der Waals surface area contributed by atoms with Crippen LogP contribution in [0, 0.1) is 11.7 Å². The van der Waals surface area contributed by atoms with Crippen LogP contribution in [0.5, 0.6) is 5.75 Å². The molecule has 0 radical (unpaired) electrons. The number of nitrogens with two attached hydrogens (primary N) is 1. The summed E-state index contributed by atoms with van der Waals surface area (Å²) in [4.78, 5) is 50.2. The second-order valence-electron chi connectivity index (χ2n) is 16.6. The quantitative estimate of drug-likeness (QED) is 0.182. The molecule has 3 aromatic carbocycles. The average molecular weight is 819 g/mol. The molecule has 0 saturated carbocycles. The lowest BCUT2D eigenvalue weighted by atomic mass is 9.95. The van der Waals surface area contributed by atoms with Crippen molar-refractivity contribution in [2.45, 2.75) is 44.5 Å². The Bertz CT molecular complexity index is 2270. The first-order chi connectivity index (χ1) is 29.1. The number of aliphatic hydroxyl groups excluding tert-OH is 1. The molecule has 0 spiro atoms. The zero-order chi connectivity index (χ0) is 41.5. The molecule has 5 aliphatic rings. The van der Waals surface area contributed by atoms with E-state index in [0.717, 1.165) is 102 Å². The van der Waals surface area contributed by atoms with Gasteiger partial charge in [0.1, 0.15) is 17.6 Å². The molecule has 0 aliphatic carbocycles. The van der Waals surface area contributed by atoms with Gasteiger partial charge in [-0.3, -0.25) is 34.4 Å². The maximum atomic E-state index is 15.6. The van der Waals surface area contributed by atoms with Crippen molar-refractivity contribution in [2.75, 3.05) is 92.4 Å². The van der Waals surface area contributed by atoms with E-state index in [0.29, 0.717) is 46.4 Å². The average Bonchev–Trinajstić information content (AvgIpc) is 3.50. The van der Waals surface area contributed by atoms with Crippen LogP contribution in [0.3, 0.4) is 0 Å². The van der Waals surface area contributed by atoms with Crippen LogP contribution in [0.15, 0.2) is 66.7 Å². The maximum Gasteiger partial charge on any atom is 0.257 e. The number of aromatic hydroxyl groups is 1. The molecule has 3 amide bonds. The van der Waals surface area contributed by atoms with Crippen molar-refractivity contribution in [2.24, 2.45) is 5.92 Å². The highest BCUT2D eigenvalue weighted by atomic mass is 19.1. The molecule has 4 aromatic rings. The Labute approximate surface area is 348 Å². The summed E-state index contributed by atoms with van der Waals surface area (Å²) < 4.78 is 15.6. The minimum Gasteiger partial charge on any atom is -0.507 e. The van der Waals surface area contributed by atoms with Crippen molar-refractivity contribution >= 4 is 40.6 Å². The van der Waals surface area contributed by atoms with E-state index in [2.05, 4.69) is 40.0 Å². The third-order valence-corrected chi connectivity index (χ3v) is 12.9. The first-order valence-corrected chi connectivity index (χ1v) is 21.0. The highest BCUT2D eigenvalue weighted by Gasteiger charge is 2.44. The lowest BCUT2D eigenvalue weighted by Gasteiger charge is -2.40. The summed E-state index contributed by atoms with van der Waals surface area (Å²) in [6, 6.07) is 19.2.